The van der Waals surface area contributed by atoms with Crippen molar-refractivity contribution in [3.8, 4) is 0 Å². The first-order valence-electron chi connectivity index (χ1n) is 6.49. The molecule has 5 nitrogen and oxygen atoms in total. The molecule has 1 unspecified atom stereocenters. The highest BCUT2D eigenvalue weighted by molar-refractivity contribution is 5.76. The van der Waals surface area contributed by atoms with Gasteiger partial charge in [0, 0.05) is 25.7 Å². The fourth-order valence-electron chi connectivity index (χ4n) is 3.68. The van der Waals surface area contributed by atoms with Crippen LogP contribution in [0.2, 0.25) is 0 Å². The van der Waals surface area contributed by atoms with Gasteiger partial charge >= 0.3 is 12.0 Å². The van der Waals surface area contributed by atoms with Crippen molar-refractivity contribution in [1.82, 2.24) is 0 Å². The second kappa shape index (κ2) is 4.64. The third-order valence-electron chi connectivity index (χ3n) is 4.48. The van der Waals surface area contributed by atoms with Gasteiger partial charge in [-0.1, -0.05) is 6.42 Å². The fourth-order valence-corrected chi connectivity index (χ4v) is 3.68. The highest BCUT2D eigenvalue weighted by Gasteiger charge is 2.55. The Labute approximate surface area is 101 Å². The van der Waals surface area contributed by atoms with E-state index in [1.807, 2.05) is 0 Å². The average molecular weight is 241 g/mol. The molecule has 0 aromatic heterocycles. The van der Waals surface area contributed by atoms with Crippen molar-refractivity contribution >= 4 is 12.0 Å². The van der Waals surface area contributed by atoms with E-state index < -0.39 is 18.0 Å². The lowest BCUT2D eigenvalue weighted by atomic mass is 9.91. The number of nitrogens with two attached hydrogens (primary N) is 1. The lowest BCUT2D eigenvalue weighted by molar-refractivity contribution is -0.880. The molecule has 0 aromatic rings. The number of primary amides is 1. The number of likely N-dealkylation sites (tertiary alicyclic amines) is 1. The Hall–Kier alpha value is -1.10. The van der Waals surface area contributed by atoms with Gasteiger partial charge in [-0.3, -0.25) is 0 Å². The summed E-state index contributed by atoms with van der Waals surface area (Å²) in [5, 5.41) is 9.31. The van der Waals surface area contributed by atoms with E-state index in [4.69, 9.17) is 5.73 Å². The largest absolute Gasteiger partial charge is 0.477 e. The van der Waals surface area contributed by atoms with E-state index in [9.17, 15) is 14.7 Å². The average Bonchev–Trinajstić information content (AvgIpc) is 2.75. The summed E-state index contributed by atoms with van der Waals surface area (Å²) in [4.78, 5) is 23.2. The van der Waals surface area contributed by atoms with Crippen LogP contribution in [0.4, 0.5) is 4.79 Å². The van der Waals surface area contributed by atoms with Gasteiger partial charge in [0.05, 0.1) is 12.6 Å². The number of quaternary nitrogens is 1. The van der Waals surface area contributed by atoms with Crippen molar-refractivity contribution in [3.63, 3.8) is 0 Å². The van der Waals surface area contributed by atoms with Crippen molar-refractivity contribution in [2.24, 2.45) is 5.73 Å². The molecule has 2 rings (SSSR count). The molecule has 2 fully saturated rings. The summed E-state index contributed by atoms with van der Waals surface area (Å²) < 4.78 is 0.00926. The summed E-state index contributed by atoms with van der Waals surface area (Å²) in [5.41, 5.74) is 5.56. The molecule has 2 aliphatic rings. The van der Waals surface area contributed by atoms with Gasteiger partial charge in [0.1, 0.15) is 0 Å². The van der Waals surface area contributed by atoms with E-state index in [0.29, 0.717) is 13.0 Å². The van der Waals surface area contributed by atoms with Gasteiger partial charge < -0.3 is 10.8 Å². The topological polar surface area (TPSA) is 80.4 Å². The number of carbonyl (C=O) groups is 2. The molecule has 0 bridgehead atoms. The second-order valence-corrected chi connectivity index (χ2v) is 5.28. The zero-order valence-corrected chi connectivity index (χ0v) is 10.1. The quantitative estimate of drug-likeness (QED) is 0.718. The molecule has 0 radical (unpaired) electrons. The van der Waals surface area contributed by atoms with Crippen LogP contribution in [0.3, 0.4) is 0 Å². The highest BCUT2D eigenvalue weighted by atomic mass is 16.4. The van der Waals surface area contributed by atoms with Crippen molar-refractivity contribution < 1.29 is 19.2 Å². The van der Waals surface area contributed by atoms with E-state index in [1.54, 1.807) is 0 Å². The van der Waals surface area contributed by atoms with Crippen molar-refractivity contribution in [2.75, 3.05) is 6.54 Å². The van der Waals surface area contributed by atoms with Crippen LogP contribution in [0, 0.1) is 0 Å². The summed E-state index contributed by atoms with van der Waals surface area (Å²) >= 11 is 0. The van der Waals surface area contributed by atoms with Gasteiger partial charge in [-0.15, -0.1) is 0 Å². The van der Waals surface area contributed by atoms with E-state index in [1.165, 1.54) is 6.42 Å². The Morgan fingerprint density at radius 3 is 2.24 bits per heavy atom. The molecule has 3 N–H and O–H groups in total. The Bertz CT molecular complexity index is 326. The first-order chi connectivity index (χ1) is 8.09. The predicted molar refractivity (Wildman–Crippen MR) is 62.2 cm³/mol. The molecule has 5 heteroatoms. The molecule has 17 heavy (non-hydrogen) atoms. The van der Waals surface area contributed by atoms with Gasteiger partial charge in [0.25, 0.3) is 0 Å². The number of urea groups is 1. The number of rotatable bonds is 2. The summed E-state index contributed by atoms with van der Waals surface area (Å²) in [6, 6.07) is -0.928. The number of hydrogen-bond acceptors (Lipinski definition) is 2. The molecular weight excluding hydrogens is 220 g/mol. The smallest absolute Gasteiger partial charge is 0.414 e. The van der Waals surface area contributed by atoms with E-state index in [-0.39, 0.29) is 10.5 Å². The first kappa shape index (κ1) is 12.4. The van der Waals surface area contributed by atoms with Gasteiger partial charge in [-0.05, 0) is 12.8 Å². The van der Waals surface area contributed by atoms with Crippen LogP contribution in [0.15, 0.2) is 0 Å². The minimum atomic E-state index is -0.869. The van der Waals surface area contributed by atoms with E-state index in [2.05, 4.69) is 0 Å². The van der Waals surface area contributed by atoms with Gasteiger partial charge in [-0.2, -0.15) is 0 Å². The van der Waals surface area contributed by atoms with Crippen LogP contribution in [0.1, 0.15) is 44.9 Å². The monoisotopic (exact) mass is 241 g/mol. The number of amides is 2. The van der Waals surface area contributed by atoms with E-state index in [0.717, 1.165) is 32.1 Å². The summed E-state index contributed by atoms with van der Waals surface area (Å²) in [7, 11) is 0. The molecule has 1 saturated carbocycles. The maximum absolute atomic E-state index is 11.9. The second-order valence-electron chi connectivity index (χ2n) is 5.28. The van der Waals surface area contributed by atoms with Gasteiger partial charge in [-0.25, -0.2) is 14.1 Å². The molecule has 2 amide bonds. The Kier molecular flexibility index (Phi) is 3.38. The highest BCUT2D eigenvalue weighted by Crippen LogP contribution is 2.37. The molecule has 1 aliphatic heterocycles. The molecule has 2 atom stereocenters. The minimum Gasteiger partial charge on any atom is -0.477 e. The van der Waals surface area contributed by atoms with E-state index >= 15 is 0 Å². The third kappa shape index (κ3) is 1.92. The lowest BCUT2D eigenvalue weighted by Gasteiger charge is -2.42. The fraction of sp³-hybridized carbons (Fsp3) is 0.833. The first-order valence-corrected chi connectivity index (χ1v) is 6.49. The Morgan fingerprint density at radius 2 is 1.71 bits per heavy atom. The standard InChI is InChI=1S/C12H20N2O3/c13-12(17)14(9-5-2-1-3-6-9)8-4-7-10(14)11(15)16/h9-10H,1-8H2,(H2-,13,15,16,17)/p+1/t10-,14?/m0/s1. The van der Waals surface area contributed by atoms with Crippen LogP contribution >= 0.6 is 0 Å². The Balaban J connectivity index is 2.30. The number of nitrogens with zero attached hydrogens (tertiary/aromatic N) is 1. The van der Waals surface area contributed by atoms with Crippen LogP contribution in [-0.4, -0.2) is 40.2 Å². The SMILES string of the molecule is NC(=O)[N+]1(C2CCCCC2)CCC[C@H]1C(=O)O. The van der Waals surface area contributed by atoms with Crippen molar-refractivity contribution in [3.05, 3.63) is 0 Å². The molecule has 1 saturated heterocycles. The summed E-state index contributed by atoms with van der Waals surface area (Å²) in [5.74, 6) is -0.869. The van der Waals surface area contributed by atoms with Crippen LogP contribution in [0.5, 0.6) is 0 Å². The zero-order valence-electron chi connectivity index (χ0n) is 10.1. The maximum Gasteiger partial charge on any atom is 0.414 e. The summed E-state index contributed by atoms with van der Waals surface area (Å²) in [6.07, 6.45) is 6.60. The van der Waals surface area contributed by atoms with Crippen LogP contribution in [0.25, 0.3) is 0 Å². The number of carboxylic acids is 1. The van der Waals surface area contributed by atoms with Crippen molar-refractivity contribution in [2.45, 2.75) is 57.0 Å². The molecule has 1 heterocycles. The lowest BCUT2D eigenvalue weighted by Crippen LogP contribution is -2.66. The zero-order chi connectivity index (χ0) is 12.5. The number of carbonyl (C=O) groups excluding carboxylic acids is 1. The van der Waals surface area contributed by atoms with Gasteiger partial charge in [0.15, 0.2) is 6.04 Å². The molecular formula is C12H21N2O3+. The predicted octanol–water partition coefficient (Wildman–Crippen LogP) is 1.46. The van der Waals surface area contributed by atoms with Crippen LogP contribution < -0.4 is 5.73 Å². The molecule has 0 aromatic carbocycles. The Morgan fingerprint density at radius 1 is 1.06 bits per heavy atom. The van der Waals surface area contributed by atoms with Crippen LogP contribution in [-0.2, 0) is 4.79 Å². The summed E-state index contributed by atoms with van der Waals surface area (Å²) in [6.45, 7) is 0.608. The third-order valence-corrected chi connectivity index (χ3v) is 4.48. The van der Waals surface area contributed by atoms with Gasteiger partial charge in [0.2, 0.25) is 0 Å². The molecule has 0 spiro atoms. The minimum absolute atomic E-state index is 0.00926. The normalized spacial score (nSPS) is 34.7. The maximum atomic E-state index is 11.9. The molecule has 96 valence electrons. The van der Waals surface area contributed by atoms with Crippen molar-refractivity contribution in [1.29, 1.82) is 0 Å². The number of hydrogen-bond donors (Lipinski definition) is 2. The number of aliphatic carboxylic acids is 1. The molecule has 1 aliphatic carbocycles. The number of carboxylic acid groups (broad SMARTS) is 1.